The van der Waals surface area contributed by atoms with Gasteiger partial charge in [-0.3, -0.25) is 0 Å². The van der Waals surface area contributed by atoms with E-state index in [-0.39, 0.29) is 0 Å². The molecule has 0 radical (unpaired) electrons. The van der Waals surface area contributed by atoms with Crippen LogP contribution in [0.15, 0.2) is 42.1 Å². The maximum atomic E-state index is 2.61. The highest BCUT2D eigenvalue weighted by Crippen LogP contribution is 2.32. The SMILES string of the molecule is CCC(CC)N(C1=CC=CCCC1)c1cccc(C)c1C. The van der Waals surface area contributed by atoms with E-state index < -0.39 is 0 Å². The first-order chi connectivity index (χ1) is 10.2. The van der Waals surface area contributed by atoms with Crippen molar-refractivity contribution in [2.45, 2.75) is 65.8 Å². The fourth-order valence-corrected chi connectivity index (χ4v) is 3.20. The molecule has 0 N–H and O–H groups in total. The molecule has 1 aromatic rings. The van der Waals surface area contributed by atoms with Gasteiger partial charge in [0.1, 0.15) is 0 Å². The van der Waals surface area contributed by atoms with Crippen LogP contribution in [-0.2, 0) is 0 Å². The molecule has 0 aromatic heterocycles. The van der Waals surface area contributed by atoms with Gasteiger partial charge in [-0.2, -0.15) is 0 Å². The molecule has 2 rings (SSSR count). The third-order valence-corrected chi connectivity index (χ3v) is 4.68. The highest BCUT2D eigenvalue weighted by molar-refractivity contribution is 5.61. The van der Waals surface area contributed by atoms with Gasteiger partial charge in [0.15, 0.2) is 0 Å². The maximum absolute atomic E-state index is 2.61. The molecule has 0 atom stereocenters. The first-order valence-electron chi connectivity index (χ1n) is 8.40. The molecule has 1 heteroatoms. The molecule has 0 saturated carbocycles. The van der Waals surface area contributed by atoms with Gasteiger partial charge in [-0.25, -0.2) is 0 Å². The fraction of sp³-hybridized carbons (Fsp3) is 0.500. The van der Waals surface area contributed by atoms with Gasteiger partial charge in [0, 0.05) is 17.4 Å². The smallest absolute Gasteiger partial charge is 0.0443 e. The number of rotatable bonds is 5. The molecule has 1 aliphatic rings. The minimum Gasteiger partial charge on any atom is -0.342 e. The number of nitrogens with zero attached hydrogens (tertiary/aromatic N) is 1. The van der Waals surface area contributed by atoms with Crippen LogP contribution in [0.1, 0.15) is 57.1 Å². The Morgan fingerprint density at radius 2 is 1.90 bits per heavy atom. The lowest BCUT2D eigenvalue weighted by Gasteiger charge is -2.36. The highest BCUT2D eigenvalue weighted by atomic mass is 15.2. The van der Waals surface area contributed by atoms with E-state index in [2.05, 4.69) is 69.0 Å². The zero-order valence-corrected chi connectivity index (χ0v) is 14.0. The summed E-state index contributed by atoms with van der Waals surface area (Å²) in [6.07, 6.45) is 12.9. The van der Waals surface area contributed by atoms with Gasteiger partial charge >= 0.3 is 0 Å². The Balaban J connectivity index is 2.47. The molecule has 1 nitrogen and oxygen atoms in total. The summed E-state index contributed by atoms with van der Waals surface area (Å²) >= 11 is 0. The lowest BCUT2D eigenvalue weighted by atomic mass is 10.0. The molecule has 21 heavy (non-hydrogen) atoms. The van der Waals surface area contributed by atoms with E-state index >= 15 is 0 Å². The largest absolute Gasteiger partial charge is 0.342 e. The summed E-state index contributed by atoms with van der Waals surface area (Å²) in [4.78, 5) is 2.61. The third-order valence-electron chi connectivity index (χ3n) is 4.68. The molecule has 0 saturated heterocycles. The van der Waals surface area contributed by atoms with Gasteiger partial charge < -0.3 is 4.90 Å². The zero-order valence-electron chi connectivity index (χ0n) is 14.0. The molecule has 0 fully saturated rings. The minimum absolute atomic E-state index is 0.586. The maximum Gasteiger partial charge on any atom is 0.0443 e. The van der Waals surface area contributed by atoms with Crippen molar-refractivity contribution in [1.29, 1.82) is 0 Å². The molecular formula is C20H29N. The molecule has 1 aliphatic carbocycles. The zero-order chi connectivity index (χ0) is 15.2. The number of allylic oxidation sites excluding steroid dienone is 4. The van der Waals surface area contributed by atoms with Gasteiger partial charge in [0.25, 0.3) is 0 Å². The second kappa shape index (κ2) is 7.49. The van der Waals surface area contributed by atoms with Crippen LogP contribution in [0, 0.1) is 13.8 Å². The first-order valence-corrected chi connectivity index (χ1v) is 8.40. The van der Waals surface area contributed by atoms with Crippen LogP contribution in [0.4, 0.5) is 5.69 Å². The molecule has 0 bridgehead atoms. The van der Waals surface area contributed by atoms with E-state index in [0.717, 1.165) is 0 Å². The molecule has 0 unspecified atom stereocenters. The van der Waals surface area contributed by atoms with Crippen molar-refractivity contribution in [1.82, 2.24) is 0 Å². The van der Waals surface area contributed by atoms with Crippen molar-refractivity contribution in [3.05, 3.63) is 53.3 Å². The number of anilines is 1. The number of hydrogen-bond acceptors (Lipinski definition) is 1. The summed E-state index contributed by atoms with van der Waals surface area (Å²) in [5.41, 5.74) is 5.67. The Bertz CT molecular complexity index is 521. The van der Waals surface area contributed by atoms with E-state index in [1.165, 1.54) is 54.6 Å². The predicted molar refractivity (Wildman–Crippen MR) is 93.8 cm³/mol. The third kappa shape index (κ3) is 3.58. The van der Waals surface area contributed by atoms with E-state index in [1.807, 2.05) is 0 Å². The lowest BCUT2D eigenvalue weighted by molar-refractivity contribution is 0.579. The standard InChI is InChI=1S/C20H29N/c1-5-18(6-2)21(19-13-9-7-8-10-14-19)20-15-11-12-16(3)17(20)4/h7,9,11-13,15,18H,5-6,8,10,14H2,1-4H3. The average molecular weight is 283 g/mol. The molecular weight excluding hydrogens is 254 g/mol. The van der Waals surface area contributed by atoms with Gasteiger partial charge in [-0.1, -0.05) is 38.1 Å². The van der Waals surface area contributed by atoms with Crippen molar-refractivity contribution in [2.24, 2.45) is 0 Å². The normalized spacial score (nSPS) is 15.0. The van der Waals surface area contributed by atoms with Crippen molar-refractivity contribution in [3.63, 3.8) is 0 Å². The van der Waals surface area contributed by atoms with E-state index in [9.17, 15) is 0 Å². The van der Waals surface area contributed by atoms with Crippen LogP contribution >= 0.6 is 0 Å². The molecule has 1 aromatic carbocycles. The highest BCUT2D eigenvalue weighted by Gasteiger charge is 2.21. The second-order valence-corrected chi connectivity index (χ2v) is 6.04. The summed E-state index contributed by atoms with van der Waals surface area (Å²) in [5, 5.41) is 0. The van der Waals surface area contributed by atoms with Crippen molar-refractivity contribution < 1.29 is 0 Å². The summed E-state index contributed by atoms with van der Waals surface area (Å²) in [6.45, 7) is 9.08. The Kier molecular flexibility index (Phi) is 5.67. The number of benzene rings is 1. The second-order valence-electron chi connectivity index (χ2n) is 6.04. The van der Waals surface area contributed by atoms with E-state index in [4.69, 9.17) is 0 Å². The van der Waals surface area contributed by atoms with Crippen LogP contribution in [0.3, 0.4) is 0 Å². The Hall–Kier alpha value is -1.50. The molecule has 0 spiro atoms. The van der Waals surface area contributed by atoms with Crippen LogP contribution in [0.5, 0.6) is 0 Å². The molecule has 0 heterocycles. The summed E-state index contributed by atoms with van der Waals surface area (Å²) in [6, 6.07) is 7.28. The Morgan fingerprint density at radius 1 is 1.14 bits per heavy atom. The summed E-state index contributed by atoms with van der Waals surface area (Å²) in [5.74, 6) is 0. The monoisotopic (exact) mass is 283 g/mol. The first kappa shape index (κ1) is 15.9. The van der Waals surface area contributed by atoms with Gasteiger partial charge in [-0.05, 0) is 69.2 Å². The van der Waals surface area contributed by atoms with Crippen LogP contribution in [0.25, 0.3) is 0 Å². The van der Waals surface area contributed by atoms with Crippen LogP contribution < -0.4 is 4.90 Å². The van der Waals surface area contributed by atoms with Crippen molar-refractivity contribution in [3.8, 4) is 0 Å². The lowest BCUT2D eigenvalue weighted by Crippen LogP contribution is -2.34. The van der Waals surface area contributed by atoms with Gasteiger partial charge in [0.2, 0.25) is 0 Å². The van der Waals surface area contributed by atoms with E-state index in [1.54, 1.807) is 0 Å². The fourth-order valence-electron chi connectivity index (χ4n) is 3.20. The van der Waals surface area contributed by atoms with Gasteiger partial charge in [0.05, 0.1) is 0 Å². The van der Waals surface area contributed by atoms with Gasteiger partial charge in [-0.15, -0.1) is 0 Å². The summed E-state index contributed by atoms with van der Waals surface area (Å²) < 4.78 is 0. The molecule has 0 amide bonds. The molecule has 114 valence electrons. The Morgan fingerprint density at radius 3 is 2.62 bits per heavy atom. The van der Waals surface area contributed by atoms with Crippen molar-refractivity contribution in [2.75, 3.05) is 4.90 Å². The van der Waals surface area contributed by atoms with Crippen LogP contribution in [-0.4, -0.2) is 6.04 Å². The van der Waals surface area contributed by atoms with Crippen molar-refractivity contribution >= 4 is 5.69 Å². The predicted octanol–water partition coefficient (Wildman–Crippen LogP) is 5.92. The Labute approximate surface area is 130 Å². The molecule has 0 aliphatic heterocycles. The minimum atomic E-state index is 0.586. The van der Waals surface area contributed by atoms with E-state index in [0.29, 0.717) is 6.04 Å². The summed E-state index contributed by atoms with van der Waals surface area (Å²) in [7, 11) is 0. The van der Waals surface area contributed by atoms with Crippen LogP contribution in [0.2, 0.25) is 0 Å². The number of hydrogen-bond donors (Lipinski definition) is 0. The average Bonchev–Trinajstić information content (AvgIpc) is 2.77. The topological polar surface area (TPSA) is 3.24 Å². The number of aryl methyl sites for hydroxylation is 1. The quantitative estimate of drug-likeness (QED) is 0.648.